The second-order valence-corrected chi connectivity index (χ2v) is 6.50. The van der Waals surface area contributed by atoms with Gasteiger partial charge in [0.25, 0.3) is 0 Å². The first-order chi connectivity index (χ1) is 10.6. The van der Waals surface area contributed by atoms with Crippen molar-refractivity contribution in [1.82, 2.24) is 4.90 Å². The van der Waals surface area contributed by atoms with Crippen LogP contribution in [-0.2, 0) is 11.2 Å². The smallest absolute Gasteiger partial charge is 0.222 e. The molecule has 3 rings (SSSR count). The van der Waals surface area contributed by atoms with Gasteiger partial charge in [0.1, 0.15) is 0 Å². The van der Waals surface area contributed by atoms with Crippen molar-refractivity contribution in [2.75, 3.05) is 26.8 Å². The maximum Gasteiger partial charge on any atom is 0.222 e. The molecule has 2 aliphatic rings. The third-order valence-corrected chi connectivity index (χ3v) is 5.31. The number of ether oxygens (including phenoxy) is 1. The number of aryl methyl sites for hydroxylation is 1. The molecule has 1 saturated heterocycles. The summed E-state index contributed by atoms with van der Waals surface area (Å²) in [7, 11) is 1.43. The molecule has 0 radical (unpaired) electrons. The van der Waals surface area contributed by atoms with Crippen LogP contribution in [0, 0.1) is 17.2 Å². The van der Waals surface area contributed by atoms with Gasteiger partial charge in [-0.2, -0.15) is 0 Å². The quantitative estimate of drug-likeness (QED) is 0.905. The Morgan fingerprint density at radius 3 is 2.91 bits per heavy atom. The van der Waals surface area contributed by atoms with E-state index in [1.807, 2.05) is 4.90 Å². The Bertz CT molecular complexity index is 573. The zero-order valence-corrected chi connectivity index (χ0v) is 12.8. The summed E-state index contributed by atoms with van der Waals surface area (Å²) in [6.45, 7) is 1.60. The number of carbonyl (C=O) groups is 1. The predicted octanol–water partition coefficient (Wildman–Crippen LogP) is 2.00. The third-order valence-electron chi connectivity index (χ3n) is 5.31. The first kappa shape index (κ1) is 15.3. The van der Waals surface area contributed by atoms with Crippen LogP contribution in [0.5, 0.6) is 5.75 Å². The fourth-order valence-corrected chi connectivity index (χ4v) is 3.68. The molecule has 1 heterocycles. The van der Waals surface area contributed by atoms with Crippen LogP contribution < -0.4 is 4.74 Å². The van der Waals surface area contributed by atoms with Gasteiger partial charge in [-0.05, 0) is 42.9 Å². The fraction of sp³-hybridized carbons (Fsp3) is 0.588. The van der Waals surface area contributed by atoms with Crippen molar-refractivity contribution in [2.45, 2.75) is 25.7 Å². The Balaban J connectivity index is 1.56. The van der Waals surface area contributed by atoms with Gasteiger partial charge in [0.15, 0.2) is 11.6 Å². The normalized spacial score (nSPS) is 26.5. The van der Waals surface area contributed by atoms with E-state index < -0.39 is 5.82 Å². The molecule has 1 aliphatic carbocycles. The molecule has 22 heavy (non-hydrogen) atoms. The number of rotatable bonds is 5. The van der Waals surface area contributed by atoms with Crippen molar-refractivity contribution in [3.63, 3.8) is 0 Å². The summed E-state index contributed by atoms with van der Waals surface area (Å²) in [6.07, 6.45) is 3.02. The van der Waals surface area contributed by atoms with Crippen LogP contribution in [0.4, 0.5) is 4.39 Å². The van der Waals surface area contributed by atoms with Gasteiger partial charge >= 0.3 is 0 Å². The van der Waals surface area contributed by atoms with E-state index in [0.29, 0.717) is 25.3 Å². The fourth-order valence-electron chi connectivity index (χ4n) is 3.68. The molecule has 4 nitrogen and oxygen atoms in total. The van der Waals surface area contributed by atoms with Gasteiger partial charge in [-0.1, -0.05) is 6.07 Å². The molecule has 120 valence electrons. The number of methoxy groups -OCH3 is 1. The molecule has 1 amide bonds. The Morgan fingerprint density at radius 2 is 2.36 bits per heavy atom. The van der Waals surface area contributed by atoms with Crippen molar-refractivity contribution in [2.24, 2.45) is 11.3 Å². The molecule has 0 unspecified atom stereocenters. The number of aliphatic hydroxyl groups is 1. The van der Waals surface area contributed by atoms with Gasteiger partial charge in [0, 0.05) is 24.9 Å². The molecule has 0 bridgehead atoms. The lowest BCUT2D eigenvalue weighted by Crippen LogP contribution is -2.42. The van der Waals surface area contributed by atoms with Crippen LogP contribution in [-0.4, -0.2) is 42.7 Å². The van der Waals surface area contributed by atoms with E-state index in [9.17, 15) is 14.3 Å². The zero-order valence-electron chi connectivity index (χ0n) is 12.8. The molecular weight excluding hydrogens is 285 g/mol. The monoisotopic (exact) mass is 307 g/mol. The van der Waals surface area contributed by atoms with Gasteiger partial charge in [-0.25, -0.2) is 4.39 Å². The van der Waals surface area contributed by atoms with Gasteiger partial charge in [-0.15, -0.1) is 0 Å². The SMILES string of the molecule is COc1ccc(CCC(=O)N2C[C@@H]3CC[C@]3(CO)C2)cc1F. The molecule has 1 N–H and O–H groups in total. The summed E-state index contributed by atoms with van der Waals surface area (Å²) >= 11 is 0. The predicted molar refractivity (Wildman–Crippen MR) is 80.1 cm³/mol. The molecule has 0 spiro atoms. The van der Waals surface area contributed by atoms with Crippen molar-refractivity contribution in [1.29, 1.82) is 0 Å². The van der Waals surface area contributed by atoms with E-state index in [1.165, 1.54) is 13.2 Å². The van der Waals surface area contributed by atoms with E-state index in [4.69, 9.17) is 4.74 Å². The standard InChI is InChI=1S/C17H22FNO3/c1-22-15-4-2-12(8-14(15)18)3-5-16(21)19-9-13-6-7-17(13,10-19)11-20/h2,4,8,13,20H,3,5-7,9-11H2,1H3/t13-,17+/m0/s1. The second kappa shape index (κ2) is 5.88. The van der Waals surface area contributed by atoms with E-state index in [0.717, 1.165) is 24.9 Å². The number of nitrogens with zero attached hydrogens (tertiary/aromatic N) is 1. The summed E-state index contributed by atoms with van der Waals surface area (Å²) in [5.74, 6) is 0.375. The number of fused-ring (bicyclic) bond motifs is 1. The van der Waals surface area contributed by atoms with Gasteiger partial charge in [0.2, 0.25) is 5.91 Å². The molecule has 0 aromatic heterocycles. The van der Waals surface area contributed by atoms with Crippen LogP contribution in [0.2, 0.25) is 0 Å². The Labute approximate surface area is 129 Å². The Hall–Kier alpha value is -1.62. The molecule has 2 fully saturated rings. The molecular formula is C17H22FNO3. The lowest BCUT2D eigenvalue weighted by molar-refractivity contribution is -0.130. The average molecular weight is 307 g/mol. The van der Waals surface area contributed by atoms with Crippen LogP contribution in [0.25, 0.3) is 0 Å². The molecule has 1 saturated carbocycles. The number of likely N-dealkylation sites (tertiary alicyclic amines) is 1. The minimum absolute atomic E-state index is 0.0398. The van der Waals surface area contributed by atoms with E-state index in [1.54, 1.807) is 12.1 Å². The maximum absolute atomic E-state index is 13.6. The number of carbonyl (C=O) groups excluding carboxylic acids is 1. The molecule has 5 heteroatoms. The maximum atomic E-state index is 13.6. The van der Waals surface area contributed by atoms with Crippen molar-refractivity contribution in [3.05, 3.63) is 29.6 Å². The largest absolute Gasteiger partial charge is 0.494 e. The Kier molecular flexibility index (Phi) is 4.08. The summed E-state index contributed by atoms with van der Waals surface area (Å²) in [4.78, 5) is 14.2. The van der Waals surface area contributed by atoms with Gasteiger partial charge < -0.3 is 14.7 Å². The summed E-state index contributed by atoms with van der Waals surface area (Å²) < 4.78 is 18.5. The first-order valence-corrected chi connectivity index (χ1v) is 7.79. The number of benzene rings is 1. The molecule has 1 aromatic rings. The average Bonchev–Trinajstić information content (AvgIpc) is 2.77. The van der Waals surface area contributed by atoms with Crippen molar-refractivity contribution in [3.8, 4) is 5.75 Å². The third kappa shape index (κ3) is 2.58. The number of halogens is 1. The number of amides is 1. The zero-order chi connectivity index (χ0) is 15.7. The lowest BCUT2D eigenvalue weighted by Gasteiger charge is -2.42. The summed E-state index contributed by atoms with van der Waals surface area (Å²) in [6, 6.07) is 4.80. The topological polar surface area (TPSA) is 49.8 Å². The number of hydrogen-bond acceptors (Lipinski definition) is 3. The number of hydrogen-bond donors (Lipinski definition) is 1. The summed E-state index contributed by atoms with van der Waals surface area (Å²) in [5, 5.41) is 9.54. The van der Waals surface area contributed by atoms with Crippen molar-refractivity contribution >= 4 is 5.91 Å². The highest BCUT2D eigenvalue weighted by Gasteiger charge is 2.53. The minimum atomic E-state index is -0.397. The highest BCUT2D eigenvalue weighted by molar-refractivity contribution is 5.77. The highest BCUT2D eigenvalue weighted by Crippen LogP contribution is 2.51. The van der Waals surface area contributed by atoms with Crippen LogP contribution in [0.3, 0.4) is 0 Å². The summed E-state index contributed by atoms with van der Waals surface area (Å²) in [5.41, 5.74) is 0.757. The highest BCUT2D eigenvalue weighted by atomic mass is 19.1. The molecule has 1 aromatic carbocycles. The van der Waals surface area contributed by atoms with E-state index >= 15 is 0 Å². The molecule has 2 atom stereocenters. The molecule has 1 aliphatic heterocycles. The van der Waals surface area contributed by atoms with E-state index in [-0.39, 0.29) is 23.7 Å². The Morgan fingerprint density at radius 1 is 1.55 bits per heavy atom. The van der Waals surface area contributed by atoms with Gasteiger partial charge in [-0.3, -0.25) is 4.79 Å². The van der Waals surface area contributed by atoms with Crippen LogP contribution in [0.15, 0.2) is 18.2 Å². The van der Waals surface area contributed by atoms with E-state index in [2.05, 4.69) is 0 Å². The minimum Gasteiger partial charge on any atom is -0.494 e. The second-order valence-electron chi connectivity index (χ2n) is 6.50. The first-order valence-electron chi connectivity index (χ1n) is 7.79. The van der Waals surface area contributed by atoms with Crippen LogP contribution >= 0.6 is 0 Å². The van der Waals surface area contributed by atoms with Crippen LogP contribution in [0.1, 0.15) is 24.8 Å². The van der Waals surface area contributed by atoms with Crippen molar-refractivity contribution < 1.29 is 19.0 Å². The van der Waals surface area contributed by atoms with Gasteiger partial charge in [0.05, 0.1) is 13.7 Å². The number of aliphatic hydroxyl groups excluding tert-OH is 1. The lowest BCUT2D eigenvalue weighted by atomic mass is 9.63.